The van der Waals surface area contributed by atoms with Crippen LogP contribution in [0.1, 0.15) is 47.8 Å². The van der Waals surface area contributed by atoms with E-state index in [1.807, 2.05) is 48.5 Å². The molecule has 8 nitrogen and oxygen atoms in total. The molecule has 0 bridgehead atoms. The number of primary amides is 1. The van der Waals surface area contributed by atoms with Gasteiger partial charge in [-0.25, -0.2) is 4.79 Å². The summed E-state index contributed by atoms with van der Waals surface area (Å²) < 4.78 is 5.27. The van der Waals surface area contributed by atoms with Crippen molar-refractivity contribution in [1.29, 1.82) is 0 Å². The van der Waals surface area contributed by atoms with Gasteiger partial charge in [0.1, 0.15) is 5.75 Å². The van der Waals surface area contributed by atoms with E-state index in [9.17, 15) is 19.5 Å². The summed E-state index contributed by atoms with van der Waals surface area (Å²) >= 11 is 0. The first-order chi connectivity index (χ1) is 19.3. The Balaban J connectivity index is 1.52. The monoisotopic (exact) mass is 535 g/mol. The van der Waals surface area contributed by atoms with E-state index in [-0.39, 0.29) is 11.5 Å². The van der Waals surface area contributed by atoms with E-state index in [1.54, 1.807) is 30.3 Å². The number of carbonyl (C=O) groups is 3. The van der Waals surface area contributed by atoms with Crippen molar-refractivity contribution in [2.45, 2.75) is 19.5 Å². The lowest BCUT2D eigenvalue weighted by atomic mass is 9.92. The van der Waals surface area contributed by atoms with E-state index >= 15 is 0 Å². The zero-order chi connectivity index (χ0) is 28.2. The van der Waals surface area contributed by atoms with Crippen LogP contribution < -0.4 is 20.7 Å². The highest BCUT2D eigenvalue weighted by molar-refractivity contribution is 6.00. The quantitative estimate of drug-likeness (QED) is 0.287. The number of fused-ring (bicyclic) bond motifs is 1. The fraction of sp³-hybridized carbons (Fsp3) is 0.156. The first-order valence-electron chi connectivity index (χ1n) is 12.9. The molecule has 0 atom stereocenters. The number of nitrogens with zero attached hydrogens (tertiary/aromatic N) is 1. The molecule has 0 aromatic heterocycles. The molecule has 4 aromatic rings. The van der Waals surface area contributed by atoms with Crippen molar-refractivity contribution in [2.24, 2.45) is 5.73 Å². The van der Waals surface area contributed by atoms with Crippen molar-refractivity contribution >= 4 is 23.5 Å². The zero-order valence-corrected chi connectivity index (χ0v) is 22.0. The summed E-state index contributed by atoms with van der Waals surface area (Å²) in [7, 11) is 1.48. The molecule has 5 rings (SSSR count). The van der Waals surface area contributed by atoms with Crippen molar-refractivity contribution in [3.05, 3.63) is 118 Å². The third kappa shape index (κ3) is 5.51. The number of carboxylic acid groups (broad SMARTS) is 1. The molecule has 0 saturated heterocycles. The van der Waals surface area contributed by atoms with Crippen molar-refractivity contribution < 1.29 is 24.2 Å². The van der Waals surface area contributed by atoms with Gasteiger partial charge in [0.05, 0.1) is 12.7 Å². The molecule has 0 radical (unpaired) electrons. The van der Waals surface area contributed by atoms with Gasteiger partial charge in [-0.3, -0.25) is 9.59 Å². The highest BCUT2D eigenvalue weighted by atomic mass is 16.5. The molecule has 40 heavy (non-hydrogen) atoms. The lowest BCUT2D eigenvalue weighted by Gasteiger charge is -2.23. The zero-order valence-electron chi connectivity index (χ0n) is 22.0. The number of anilines is 1. The summed E-state index contributed by atoms with van der Waals surface area (Å²) in [6.07, 6.45) is 0.759. The van der Waals surface area contributed by atoms with E-state index in [0.717, 1.165) is 35.3 Å². The number of nitrogens with two attached hydrogens (primary N) is 1. The number of aromatic carboxylic acids is 1. The fourth-order valence-electron chi connectivity index (χ4n) is 5.04. The molecule has 0 fully saturated rings. The number of ether oxygens (including phenoxy) is 1. The van der Waals surface area contributed by atoms with Gasteiger partial charge in [0.2, 0.25) is 5.91 Å². The third-order valence-electron chi connectivity index (χ3n) is 7.13. The largest absolute Gasteiger partial charge is 0.497 e. The Morgan fingerprint density at radius 1 is 0.925 bits per heavy atom. The maximum atomic E-state index is 13.1. The van der Waals surface area contributed by atoms with Gasteiger partial charge >= 0.3 is 5.97 Å². The Kier molecular flexibility index (Phi) is 7.50. The summed E-state index contributed by atoms with van der Waals surface area (Å²) in [6, 6.07) is 25.3. The van der Waals surface area contributed by atoms with Crippen LogP contribution in [0.15, 0.2) is 84.9 Å². The maximum absolute atomic E-state index is 13.1. The molecule has 0 spiro atoms. The molecule has 4 N–H and O–H groups in total. The third-order valence-corrected chi connectivity index (χ3v) is 7.13. The molecule has 0 saturated carbocycles. The number of carboxylic acids is 1. The van der Waals surface area contributed by atoms with Crippen molar-refractivity contribution in [3.8, 4) is 16.9 Å². The average Bonchev–Trinajstić information content (AvgIpc) is 3.38. The molecule has 1 aliphatic heterocycles. The predicted molar refractivity (Wildman–Crippen MR) is 153 cm³/mol. The topological polar surface area (TPSA) is 122 Å². The van der Waals surface area contributed by atoms with Gasteiger partial charge in [0, 0.05) is 36.4 Å². The van der Waals surface area contributed by atoms with Gasteiger partial charge in [-0.05, 0) is 82.8 Å². The highest BCUT2D eigenvalue weighted by Gasteiger charge is 2.23. The summed E-state index contributed by atoms with van der Waals surface area (Å²) in [4.78, 5) is 39.2. The van der Waals surface area contributed by atoms with Crippen LogP contribution in [0.2, 0.25) is 0 Å². The van der Waals surface area contributed by atoms with E-state index in [0.29, 0.717) is 41.1 Å². The second kappa shape index (κ2) is 11.3. The Labute approximate surface area is 232 Å². The van der Waals surface area contributed by atoms with E-state index in [2.05, 4.69) is 10.2 Å². The number of benzene rings is 4. The van der Waals surface area contributed by atoms with Crippen molar-refractivity contribution in [3.63, 3.8) is 0 Å². The van der Waals surface area contributed by atoms with Gasteiger partial charge in [0.15, 0.2) is 0 Å². The number of hydrogen-bond acceptors (Lipinski definition) is 5. The Bertz CT molecular complexity index is 1600. The lowest BCUT2D eigenvalue weighted by molar-refractivity contribution is 0.0696. The first kappa shape index (κ1) is 26.5. The molecule has 0 aliphatic carbocycles. The second-order valence-corrected chi connectivity index (χ2v) is 9.64. The average molecular weight is 536 g/mol. The molecule has 1 heterocycles. The molecule has 1 aliphatic rings. The summed E-state index contributed by atoms with van der Waals surface area (Å²) in [6.45, 7) is 1.58. The molecular formula is C32H29N3O5. The summed E-state index contributed by atoms with van der Waals surface area (Å²) in [5, 5.41) is 13.0. The van der Waals surface area contributed by atoms with Crippen molar-refractivity contribution in [1.82, 2.24) is 5.32 Å². The minimum absolute atomic E-state index is 0.0790. The minimum atomic E-state index is -1.09. The van der Waals surface area contributed by atoms with Gasteiger partial charge in [-0.2, -0.15) is 0 Å². The minimum Gasteiger partial charge on any atom is -0.497 e. The van der Waals surface area contributed by atoms with Crippen LogP contribution in [0, 0.1) is 0 Å². The standard InChI is InChI=1S/C32H29N3O5/c1-40-25-10-11-26(28(17-25)32(38)39)27-16-23(31(37)34-18-20-5-3-2-4-6-20)7-8-24(27)19-35-14-13-21-15-22(30(33)36)9-12-29(21)35/h2-12,15-17H,13-14,18-19H2,1H3,(H2,33,36)(H,34,37)(H,38,39). The van der Waals surface area contributed by atoms with E-state index < -0.39 is 11.9 Å². The fourth-order valence-corrected chi connectivity index (χ4v) is 5.04. The number of nitrogens with one attached hydrogen (secondary N) is 1. The first-order valence-corrected chi connectivity index (χ1v) is 12.9. The highest BCUT2D eigenvalue weighted by Crippen LogP contribution is 2.35. The number of carbonyl (C=O) groups excluding carboxylic acids is 2. The normalized spacial score (nSPS) is 12.1. The van der Waals surface area contributed by atoms with Gasteiger partial charge < -0.3 is 25.8 Å². The molecule has 0 unspecified atom stereocenters. The van der Waals surface area contributed by atoms with Crippen LogP contribution in [-0.2, 0) is 19.5 Å². The van der Waals surface area contributed by atoms with E-state index in [1.165, 1.54) is 13.2 Å². The summed E-state index contributed by atoms with van der Waals surface area (Å²) in [5.74, 6) is -1.39. The van der Waals surface area contributed by atoms with Crippen LogP contribution >= 0.6 is 0 Å². The number of amides is 2. The molecule has 2 amide bonds. The van der Waals surface area contributed by atoms with Crippen LogP contribution in [0.3, 0.4) is 0 Å². The number of rotatable bonds is 9. The SMILES string of the molecule is COc1ccc(-c2cc(C(=O)NCc3ccccc3)ccc2CN2CCc3cc(C(N)=O)ccc32)c(C(=O)O)c1. The molecule has 4 aromatic carbocycles. The molecule has 8 heteroatoms. The van der Waals surface area contributed by atoms with Gasteiger partial charge in [-0.1, -0.05) is 36.4 Å². The van der Waals surface area contributed by atoms with Gasteiger partial charge in [-0.15, -0.1) is 0 Å². The van der Waals surface area contributed by atoms with Crippen LogP contribution in [-0.4, -0.2) is 36.5 Å². The predicted octanol–water partition coefficient (Wildman–Crippen LogP) is 4.65. The Morgan fingerprint density at radius 3 is 2.42 bits per heavy atom. The lowest BCUT2D eigenvalue weighted by Crippen LogP contribution is -2.23. The van der Waals surface area contributed by atoms with Crippen LogP contribution in [0.4, 0.5) is 5.69 Å². The Hall–Kier alpha value is -5.11. The van der Waals surface area contributed by atoms with Crippen LogP contribution in [0.25, 0.3) is 11.1 Å². The molecule has 202 valence electrons. The summed E-state index contributed by atoms with van der Waals surface area (Å²) in [5.41, 5.74) is 11.4. The Morgan fingerprint density at radius 2 is 1.70 bits per heavy atom. The van der Waals surface area contributed by atoms with Gasteiger partial charge in [0.25, 0.3) is 5.91 Å². The van der Waals surface area contributed by atoms with Crippen molar-refractivity contribution in [2.75, 3.05) is 18.6 Å². The van der Waals surface area contributed by atoms with Crippen LogP contribution in [0.5, 0.6) is 5.75 Å². The number of methoxy groups -OCH3 is 1. The molecular weight excluding hydrogens is 506 g/mol. The maximum Gasteiger partial charge on any atom is 0.336 e. The number of hydrogen-bond donors (Lipinski definition) is 3. The smallest absolute Gasteiger partial charge is 0.336 e. The second-order valence-electron chi connectivity index (χ2n) is 9.64. The van der Waals surface area contributed by atoms with E-state index in [4.69, 9.17) is 10.5 Å².